The maximum Gasteiger partial charge on any atom is 0.0648 e. The highest BCUT2D eigenvalue weighted by Gasteiger charge is 2.38. The van der Waals surface area contributed by atoms with Crippen LogP contribution in [0.1, 0.15) is 106 Å². The largest absolute Gasteiger partial charge is 0.310 e. The SMILES string of the molecule is [2H]c1c([2H])c([2H])c(-c2c([2H])c([2H])c3c([2H])c([2H])c([2H])c4c3c2-c2c([2H])c([2H])c([2H])c(-c3c([2H])c([2H])c(N(c5c([2H])c([2H])c([2H])c([2H])c5[2H])c5c([2H])c([2H])c6c(c5[2H])C(C([2H])([2H])[2H])(C([2H])([2H])[2H])c5c([2H])c([2H])c([2H])c([2H])c5-6)c([2H])c3[2H])c2C4(C([2H])([2H])[2H])C([2H])([2H])[2H])c([2H])c1[2H]. The van der Waals surface area contributed by atoms with E-state index in [4.69, 9.17) is 27.4 Å². The minimum Gasteiger partial charge on any atom is -0.310 e. The van der Waals surface area contributed by atoms with Crippen molar-refractivity contribution in [2.24, 2.45) is 0 Å². The second-order valence-corrected chi connectivity index (χ2v) is 11.8. The first-order valence-corrected chi connectivity index (χ1v) is 15.4. The van der Waals surface area contributed by atoms with Gasteiger partial charge in [-0.3, -0.25) is 0 Å². The van der Waals surface area contributed by atoms with Crippen molar-refractivity contribution in [1.82, 2.24) is 0 Å². The molecule has 8 aromatic carbocycles. The van der Waals surface area contributed by atoms with Crippen LogP contribution in [-0.2, 0) is 10.8 Å². The second-order valence-electron chi connectivity index (χ2n) is 11.8. The maximum atomic E-state index is 9.99. The van der Waals surface area contributed by atoms with Gasteiger partial charge in [0.25, 0.3) is 0 Å². The average molecular weight is 721 g/mol. The van der Waals surface area contributed by atoms with E-state index in [0.29, 0.717) is 0 Å². The maximum absolute atomic E-state index is 9.99. The Balaban J connectivity index is 1.48. The minimum absolute atomic E-state index is 0.0444. The molecule has 0 aliphatic heterocycles. The summed E-state index contributed by atoms with van der Waals surface area (Å²) in [5.41, 5.74) is -27.4. The van der Waals surface area contributed by atoms with Crippen LogP contribution in [0.15, 0.2) is 175 Å². The molecule has 1 heteroatoms. The molecule has 1 nitrogen and oxygen atoms in total. The van der Waals surface area contributed by atoms with Gasteiger partial charge in [-0.05, 0) is 114 Å². The van der Waals surface area contributed by atoms with E-state index in [0.717, 1.165) is 0 Å². The number of hydrogen-bond donors (Lipinski definition) is 0. The summed E-state index contributed by atoms with van der Waals surface area (Å²) < 4.78 is 376. The predicted octanol–water partition coefficient (Wildman–Crippen LogP) is 14.3. The van der Waals surface area contributed by atoms with Crippen LogP contribution >= 0.6 is 0 Å². The van der Waals surface area contributed by atoms with E-state index in [1.165, 1.54) is 0 Å². The zero-order chi connectivity index (χ0) is 71.1. The Morgan fingerprint density at radius 1 is 0.415 bits per heavy atom. The summed E-state index contributed by atoms with van der Waals surface area (Å²) in [5.74, 6) is 0. The molecule has 0 spiro atoms. The van der Waals surface area contributed by atoms with E-state index in [-0.39, 0.29) is 4.90 Å². The molecule has 0 aromatic heterocycles. The fourth-order valence-electron chi connectivity index (χ4n) is 6.55. The number of para-hydroxylation sites is 1. The number of anilines is 3. The van der Waals surface area contributed by atoms with Crippen molar-refractivity contribution in [2.75, 3.05) is 4.90 Å². The summed E-state index contributed by atoms with van der Waals surface area (Å²) in [5, 5.41) is -2.04. The van der Waals surface area contributed by atoms with Crippen molar-refractivity contribution in [3.05, 3.63) is 197 Å². The standard InChI is InChI=1S/C52H41N/c1-51(2)45-23-12-11-20-42(45)43-32-30-39(33-47(43)51)53(37-18-9-6-10-19-37)38-28-25-35(26-29-38)41-21-14-22-44-49-40(34-15-7-5-8-16-34)31-27-36-17-13-24-46(48(36)49)52(3,4)50(41)44/h5-33H,1-4H3/i1D3,2D3,3D3,4D3,5D,6D,7D,8D,9D,10D,11D,12D,13D,14D,15D,16D,17D,18D,19D,20D,21D,22D,23D,24D,25D,26D,27D,28D,29D,30D,31D,32D,33D. The van der Waals surface area contributed by atoms with Crippen LogP contribution in [0.3, 0.4) is 0 Å². The van der Waals surface area contributed by atoms with Crippen LogP contribution in [0, 0.1) is 0 Å². The second kappa shape index (κ2) is 11.7. The van der Waals surface area contributed by atoms with Crippen molar-refractivity contribution in [2.45, 2.75) is 38.2 Å². The van der Waals surface area contributed by atoms with E-state index in [1.807, 2.05) is 0 Å². The lowest BCUT2D eigenvalue weighted by Crippen LogP contribution is -2.25. The van der Waals surface area contributed by atoms with E-state index in [1.54, 1.807) is 0 Å². The van der Waals surface area contributed by atoms with E-state index in [9.17, 15) is 28.8 Å². The zero-order valence-corrected chi connectivity index (χ0v) is 26.4. The van der Waals surface area contributed by atoms with Gasteiger partial charge in [-0.25, -0.2) is 0 Å². The molecule has 2 aliphatic carbocycles. The van der Waals surface area contributed by atoms with Gasteiger partial charge in [0.15, 0.2) is 0 Å². The monoisotopic (exact) mass is 721 g/mol. The molecule has 8 aromatic rings. The number of benzene rings is 8. The van der Waals surface area contributed by atoms with Gasteiger partial charge in [-0.2, -0.15) is 0 Å². The molecule has 0 fully saturated rings. The first kappa shape index (κ1) is 10.5. The Hall–Kier alpha value is -6.18. The molecule has 0 atom stereocenters. The molecule has 53 heavy (non-hydrogen) atoms. The summed E-state index contributed by atoms with van der Waals surface area (Å²) in [7, 11) is 0. The summed E-state index contributed by atoms with van der Waals surface area (Å²) >= 11 is 0. The molecule has 0 saturated heterocycles. The fourth-order valence-corrected chi connectivity index (χ4v) is 6.55. The predicted molar refractivity (Wildman–Crippen MR) is 225 cm³/mol. The molecule has 0 N–H and O–H groups in total. The molecule has 0 amide bonds. The van der Waals surface area contributed by atoms with Gasteiger partial charge in [0.1, 0.15) is 0 Å². The average Bonchev–Trinajstić information content (AvgIpc) is 0.887. The fraction of sp³-hybridized carbons (Fsp3) is 0.115. The number of fused-ring (bicyclic) bond motifs is 5. The summed E-state index contributed by atoms with van der Waals surface area (Å²) in [6, 6.07) is -39.0. The van der Waals surface area contributed by atoms with Crippen molar-refractivity contribution >= 4 is 27.8 Å². The molecule has 0 radical (unpaired) electrons. The lowest BCUT2D eigenvalue weighted by atomic mass is 9.65. The number of nitrogens with zero attached hydrogens (tertiary/aromatic N) is 1. The van der Waals surface area contributed by atoms with E-state index < -0.39 is 308 Å². The van der Waals surface area contributed by atoms with Gasteiger partial charge in [0.2, 0.25) is 0 Å². The van der Waals surface area contributed by atoms with Crippen LogP contribution in [0.4, 0.5) is 17.1 Å². The molecule has 10 rings (SSSR count). The van der Waals surface area contributed by atoms with Crippen LogP contribution in [0.25, 0.3) is 55.3 Å². The lowest BCUT2D eigenvalue weighted by Gasteiger charge is -2.38. The molecular formula is C52H41N. The van der Waals surface area contributed by atoms with Crippen molar-refractivity contribution in [1.29, 1.82) is 0 Å². The van der Waals surface area contributed by atoms with Gasteiger partial charge < -0.3 is 4.90 Å². The van der Waals surface area contributed by atoms with Crippen LogP contribution in [0.2, 0.25) is 0 Å². The molecule has 0 heterocycles. The smallest absolute Gasteiger partial charge is 0.0648 e. The Labute approximate surface area is 370 Å². The molecule has 254 valence electrons. The van der Waals surface area contributed by atoms with E-state index >= 15 is 0 Å². The minimum atomic E-state index is -4.32. The zero-order valence-electron chi connectivity index (χ0n) is 67.4. The first-order valence-electron chi connectivity index (χ1n) is 35.9. The van der Waals surface area contributed by atoms with Gasteiger partial charge in [0, 0.05) is 44.3 Å². The van der Waals surface area contributed by atoms with Crippen molar-refractivity contribution in [3.8, 4) is 44.5 Å². The third kappa shape index (κ3) is 4.70. The Bertz CT molecular complexity index is 4720. The molecule has 0 saturated carbocycles. The van der Waals surface area contributed by atoms with Gasteiger partial charge in [-0.1, -0.05) is 166 Å². The van der Waals surface area contributed by atoms with Crippen molar-refractivity contribution in [3.63, 3.8) is 0 Å². The Morgan fingerprint density at radius 2 is 1.00 bits per heavy atom. The summed E-state index contributed by atoms with van der Waals surface area (Å²) in [6.45, 7) is -16.8. The van der Waals surface area contributed by atoms with E-state index in [2.05, 4.69) is 0 Å². The normalized spacial score (nSPS) is 26.3. The molecular weight excluding hydrogens is 639 g/mol. The highest BCUT2D eigenvalue weighted by atomic mass is 15.1. The topological polar surface area (TPSA) is 3.24 Å². The molecule has 2 aliphatic rings. The van der Waals surface area contributed by atoms with Crippen molar-refractivity contribution < 1.29 is 56.2 Å². The van der Waals surface area contributed by atoms with Crippen LogP contribution in [0.5, 0.6) is 0 Å². The third-order valence-electron chi connectivity index (χ3n) is 8.82. The number of rotatable bonds is 5. The third-order valence-corrected chi connectivity index (χ3v) is 8.82. The van der Waals surface area contributed by atoms with Crippen LogP contribution in [-0.4, -0.2) is 0 Å². The lowest BCUT2D eigenvalue weighted by molar-refractivity contribution is 0.647. The van der Waals surface area contributed by atoms with Crippen LogP contribution < -0.4 is 4.90 Å². The quantitative estimate of drug-likeness (QED) is 0.171. The Morgan fingerprint density at radius 3 is 1.79 bits per heavy atom. The van der Waals surface area contributed by atoms with Gasteiger partial charge >= 0.3 is 0 Å². The number of hydrogen-bond acceptors (Lipinski definition) is 1. The first-order chi connectivity index (χ1) is 42.9. The molecule has 0 unspecified atom stereocenters. The summed E-state index contributed by atoms with van der Waals surface area (Å²) in [4.78, 5) is 0.0444. The summed E-state index contributed by atoms with van der Waals surface area (Å²) in [6.07, 6.45) is 0. The highest BCUT2D eigenvalue weighted by molar-refractivity contribution is 6.10. The van der Waals surface area contributed by atoms with Gasteiger partial charge in [-0.15, -0.1) is 0 Å². The highest BCUT2D eigenvalue weighted by Crippen LogP contribution is 2.55. The Kier molecular flexibility index (Phi) is 2.31. The molecule has 0 bridgehead atoms. The van der Waals surface area contributed by atoms with Gasteiger partial charge in [0.05, 0.1) is 39.8 Å².